The SMILES string of the molecule is CNc1nc(C)c([N+](=O)[O-])c(NCCCOCCO)n1. The number of nitrogens with zero attached hydrogens (tertiary/aromatic N) is 3. The number of aliphatic hydroxyl groups is 1. The predicted octanol–water partition coefficient (Wildman–Crippen LogP) is 0.546. The number of hydrogen-bond donors (Lipinski definition) is 3. The topological polar surface area (TPSA) is 122 Å². The van der Waals surface area contributed by atoms with E-state index in [1.807, 2.05) is 0 Å². The highest BCUT2D eigenvalue weighted by atomic mass is 16.6. The number of rotatable bonds is 9. The van der Waals surface area contributed by atoms with Crippen molar-refractivity contribution in [2.75, 3.05) is 44.0 Å². The van der Waals surface area contributed by atoms with E-state index in [-0.39, 0.29) is 24.7 Å². The molecule has 1 rings (SSSR count). The van der Waals surface area contributed by atoms with Gasteiger partial charge in [-0.1, -0.05) is 0 Å². The van der Waals surface area contributed by atoms with Crippen molar-refractivity contribution in [2.24, 2.45) is 0 Å². The van der Waals surface area contributed by atoms with Crippen LogP contribution in [-0.4, -0.2) is 53.4 Å². The molecule has 1 aromatic rings. The molecular weight excluding hydrogens is 266 g/mol. The summed E-state index contributed by atoms with van der Waals surface area (Å²) in [7, 11) is 1.65. The van der Waals surface area contributed by atoms with Crippen LogP contribution in [0, 0.1) is 17.0 Å². The molecule has 0 aromatic carbocycles. The minimum absolute atomic E-state index is 0.0183. The van der Waals surface area contributed by atoms with Crippen LogP contribution in [0.3, 0.4) is 0 Å². The summed E-state index contributed by atoms with van der Waals surface area (Å²) in [5.41, 5.74) is 0.175. The number of nitro groups is 1. The van der Waals surface area contributed by atoms with Crippen molar-refractivity contribution in [3.8, 4) is 0 Å². The first-order valence-corrected chi connectivity index (χ1v) is 6.23. The van der Waals surface area contributed by atoms with Crippen molar-refractivity contribution in [1.29, 1.82) is 0 Å². The lowest BCUT2D eigenvalue weighted by Crippen LogP contribution is -2.12. The van der Waals surface area contributed by atoms with Gasteiger partial charge in [-0.15, -0.1) is 0 Å². The largest absolute Gasteiger partial charge is 0.394 e. The Labute approximate surface area is 116 Å². The Balaban J connectivity index is 2.67. The van der Waals surface area contributed by atoms with Crippen LogP contribution in [-0.2, 0) is 4.74 Å². The Morgan fingerprint density at radius 1 is 1.40 bits per heavy atom. The van der Waals surface area contributed by atoms with Gasteiger partial charge in [0.25, 0.3) is 0 Å². The normalized spacial score (nSPS) is 10.3. The third-order valence-corrected chi connectivity index (χ3v) is 2.46. The van der Waals surface area contributed by atoms with Crippen molar-refractivity contribution < 1.29 is 14.8 Å². The molecule has 0 aliphatic carbocycles. The standard InChI is InChI=1S/C11H19N5O4/c1-8-9(16(18)19)10(15-11(12-2)14-8)13-4-3-6-20-7-5-17/h17H,3-7H2,1-2H3,(H2,12,13,14,15). The third-order valence-electron chi connectivity index (χ3n) is 2.46. The zero-order valence-electron chi connectivity index (χ0n) is 11.5. The first-order chi connectivity index (χ1) is 9.60. The Bertz CT molecular complexity index is 455. The molecule has 0 aliphatic rings. The smallest absolute Gasteiger partial charge is 0.332 e. The lowest BCUT2D eigenvalue weighted by molar-refractivity contribution is -0.385. The second-order valence-electron chi connectivity index (χ2n) is 3.95. The van der Waals surface area contributed by atoms with Gasteiger partial charge in [-0.2, -0.15) is 4.98 Å². The molecule has 0 saturated carbocycles. The maximum atomic E-state index is 11.0. The van der Waals surface area contributed by atoms with Crippen LogP contribution in [0.4, 0.5) is 17.5 Å². The summed E-state index contributed by atoms with van der Waals surface area (Å²) >= 11 is 0. The van der Waals surface area contributed by atoms with E-state index in [2.05, 4.69) is 20.6 Å². The van der Waals surface area contributed by atoms with Crippen LogP contribution in [0.1, 0.15) is 12.1 Å². The van der Waals surface area contributed by atoms with Gasteiger partial charge in [-0.3, -0.25) is 10.1 Å². The van der Waals surface area contributed by atoms with Gasteiger partial charge in [0.2, 0.25) is 11.8 Å². The van der Waals surface area contributed by atoms with Crippen LogP contribution in [0.25, 0.3) is 0 Å². The zero-order valence-corrected chi connectivity index (χ0v) is 11.5. The van der Waals surface area contributed by atoms with Crippen molar-refractivity contribution in [3.05, 3.63) is 15.8 Å². The number of ether oxygens (including phenoxy) is 1. The monoisotopic (exact) mass is 285 g/mol. The first kappa shape index (κ1) is 16.1. The van der Waals surface area contributed by atoms with Gasteiger partial charge >= 0.3 is 5.69 Å². The molecule has 9 nitrogen and oxygen atoms in total. The van der Waals surface area contributed by atoms with E-state index in [1.54, 1.807) is 14.0 Å². The quantitative estimate of drug-likeness (QED) is 0.341. The van der Waals surface area contributed by atoms with Crippen LogP contribution in [0.5, 0.6) is 0 Å². The van der Waals surface area contributed by atoms with Crippen LogP contribution < -0.4 is 10.6 Å². The molecular formula is C11H19N5O4. The highest BCUT2D eigenvalue weighted by Gasteiger charge is 2.21. The predicted molar refractivity (Wildman–Crippen MR) is 74.0 cm³/mol. The molecule has 0 unspecified atom stereocenters. The Morgan fingerprint density at radius 3 is 2.75 bits per heavy atom. The van der Waals surface area contributed by atoms with E-state index in [4.69, 9.17) is 9.84 Å². The molecule has 1 aromatic heterocycles. The summed E-state index contributed by atoms with van der Waals surface area (Å²) in [6.07, 6.45) is 0.648. The molecule has 3 N–H and O–H groups in total. The highest BCUT2D eigenvalue weighted by molar-refractivity contribution is 5.60. The maximum Gasteiger partial charge on any atom is 0.332 e. The van der Waals surface area contributed by atoms with Gasteiger partial charge in [-0.25, -0.2) is 4.98 Å². The summed E-state index contributed by atoms with van der Waals surface area (Å²) in [5, 5.41) is 25.2. The minimum atomic E-state index is -0.501. The van der Waals surface area contributed by atoms with E-state index >= 15 is 0 Å². The number of hydrogen-bond acceptors (Lipinski definition) is 8. The Kier molecular flexibility index (Phi) is 6.60. The fourth-order valence-corrected chi connectivity index (χ4v) is 1.57. The molecule has 0 saturated heterocycles. The molecule has 1 heterocycles. The number of anilines is 2. The number of aromatic nitrogens is 2. The molecule has 0 atom stereocenters. The van der Waals surface area contributed by atoms with Crippen LogP contribution in [0.2, 0.25) is 0 Å². The second-order valence-corrected chi connectivity index (χ2v) is 3.95. The number of aryl methyl sites for hydroxylation is 1. The molecule has 0 aliphatic heterocycles. The third kappa shape index (κ3) is 4.59. The molecule has 0 radical (unpaired) electrons. The minimum Gasteiger partial charge on any atom is -0.394 e. The first-order valence-electron chi connectivity index (χ1n) is 6.23. The van der Waals surface area contributed by atoms with Gasteiger partial charge in [0.05, 0.1) is 18.1 Å². The average Bonchev–Trinajstić information content (AvgIpc) is 2.41. The molecule has 20 heavy (non-hydrogen) atoms. The Morgan fingerprint density at radius 2 is 2.15 bits per heavy atom. The maximum absolute atomic E-state index is 11.0. The van der Waals surface area contributed by atoms with E-state index in [0.717, 1.165) is 0 Å². The van der Waals surface area contributed by atoms with Gasteiger partial charge in [-0.05, 0) is 13.3 Å². The number of nitrogens with one attached hydrogen (secondary N) is 2. The fraction of sp³-hybridized carbons (Fsp3) is 0.636. The van der Waals surface area contributed by atoms with Crippen molar-refractivity contribution in [2.45, 2.75) is 13.3 Å². The summed E-state index contributed by atoms with van der Waals surface area (Å²) in [5.74, 6) is 0.515. The molecule has 0 bridgehead atoms. The second kappa shape index (κ2) is 8.23. The molecule has 0 amide bonds. The zero-order chi connectivity index (χ0) is 15.0. The molecule has 0 fully saturated rings. The van der Waals surface area contributed by atoms with Crippen molar-refractivity contribution in [1.82, 2.24) is 9.97 Å². The van der Waals surface area contributed by atoms with Crippen molar-refractivity contribution >= 4 is 17.5 Å². The van der Waals surface area contributed by atoms with Gasteiger partial charge in [0.1, 0.15) is 5.69 Å². The van der Waals surface area contributed by atoms with E-state index < -0.39 is 4.92 Å². The van der Waals surface area contributed by atoms with E-state index in [0.29, 0.717) is 31.2 Å². The lowest BCUT2D eigenvalue weighted by atomic mass is 10.3. The van der Waals surface area contributed by atoms with Crippen LogP contribution in [0.15, 0.2) is 0 Å². The highest BCUT2D eigenvalue weighted by Crippen LogP contribution is 2.26. The molecule has 0 spiro atoms. The van der Waals surface area contributed by atoms with E-state index in [9.17, 15) is 10.1 Å². The summed E-state index contributed by atoms with van der Waals surface area (Å²) < 4.78 is 5.10. The number of aliphatic hydroxyl groups excluding tert-OH is 1. The van der Waals surface area contributed by atoms with Gasteiger partial charge < -0.3 is 20.5 Å². The fourth-order valence-electron chi connectivity index (χ4n) is 1.57. The van der Waals surface area contributed by atoms with Crippen LogP contribution >= 0.6 is 0 Å². The molecule has 112 valence electrons. The lowest BCUT2D eigenvalue weighted by Gasteiger charge is -2.09. The Hall–Kier alpha value is -2.00. The summed E-state index contributed by atoms with van der Waals surface area (Å²) in [6, 6.07) is 0. The van der Waals surface area contributed by atoms with Gasteiger partial charge in [0.15, 0.2) is 0 Å². The summed E-state index contributed by atoms with van der Waals surface area (Å²) in [6.45, 7) is 2.78. The van der Waals surface area contributed by atoms with E-state index in [1.165, 1.54) is 0 Å². The molecule has 9 heteroatoms. The average molecular weight is 285 g/mol. The van der Waals surface area contributed by atoms with Gasteiger partial charge in [0, 0.05) is 20.2 Å². The summed E-state index contributed by atoms with van der Waals surface area (Å²) in [4.78, 5) is 18.6. The van der Waals surface area contributed by atoms with Crippen molar-refractivity contribution in [3.63, 3.8) is 0 Å².